The van der Waals surface area contributed by atoms with Crippen molar-refractivity contribution >= 4 is 0 Å². The molecule has 0 saturated carbocycles. The molecule has 0 amide bonds. The fourth-order valence-electron chi connectivity index (χ4n) is 2.82. The maximum Gasteiger partial charge on any atom is 0.176 e. The predicted octanol–water partition coefficient (Wildman–Crippen LogP) is 3.37. The van der Waals surface area contributed by atoms with Gasteiger partial charge in [0.05, 0.1) is 19.3 Å². The molecule has 0 aliphatic rings. The van der Waals surface area contributed by atoms with Gasteiger partial charge >= 0.3 is 0 Å². The fourth-order valence-corrected chi connectivity index (χ4v) is 2.82. The van der Waals surface area contributed by atoms with Gasteiger partial charge in [0.25, 0.3) is 0 Å². The second-order valence-corrected chi connectivity index (χ2v) is 7.84. The Hall–Kier alpha value is -2.99. The number of nitrogens with one attached hydrogen (secondary N) is 1. The van der Waals surface area contributed by atoms with Crippen molar-refractivity contribution < 1.29 is 28.8 Å². The largest absolute Gasteiger partial charge is 0.497 e. The Morgan fingerprint density at radius 2 is 1.61 bits per heavy atom. The minimum Gasteiger partial charge on any atom is -0.497 e. The first kappa shape index (κ1) is 26.3. The van der Waals surface area contributed by atoms with Gasteiger partial charge < -0.3 is 28.8 Å². The van der Waals surface area contributed by atoms with E-state index in [2.05, 4.69) is 25.2 Å². The molecule has 0 bridgehead atoms. The Labute approximate surface area is 196 Å². The van der Waals surface area contributed by atoms with E-state index in [1.807, 2.05) is 24.3 Å². The highest BCUT2D eigenvalue weighted by Crippen LogP contribution is 2.25. The van der Waals surface area contributed by atoms with E-state index in [1.54, 1.807) is 32.2 Å². The number of benzene rings is 2. The minimum absolute atomic E-state index is 0.317. The van der Waals surface area contributed by atoms with E-state index in [1.165, 1.54) is 0 Å². The molecular weight excluding hydrogens is 424 g/mol. The van der Waals surface area contributed by atoms with Crippen LogP contribution in [0.2, 0.25) is 0 Å². The first-order valence-electron chi connectivity index (χ1n) is 11.0. The molecule has 180 valence electrons. The highest BCUT2D eigenvalue weighted by atomic mass is 16.5. The first-order valence-corrected chi connectivity index (χ1v) is 11.0. The van der Waals surface area contributed by atoms with Crippen LogP contribution in [0.15, 0.2) is 42.5 Å². The third kappa shape index (κ3) is 9.58. The molecule has 2 aromatic rings. The Bertz CT molecular complexity index is 864. The van der Waals surface area contributed by atoms with Crippen LogP contribution in [-0.2, 0) is 4.74 Å². The van der Waals surface area contributed by atoms with Crippen molar-refractivity contribution in [2.45, 2.75) is 33.1 Å². The van der Waals surface area contributed by atoms with Gasteiger partial charge in [-0.05, 0) is 49.2 Å². The number of aliphatic hydroxyl groups is 1. The van der Waals surface area contributed by atoms with Gasteiger partial charge in [0, 0.05) is 19.2 Å². The Kier molecular flexibility index (Phi) is 11.3. The standard InChI is InChI=1S/C25H34N2O6/c1-18(2)17-30-13-14-32-23-9-10-24(20(15-23)16-26)33-25(19(3)28)27-11-12-31-22-7-5-21(29-4)6-8-22/h5-10,15,18-19,25,27-28H,11-14,17H2,1-4H3. The second-order valence-electron chi connectivity index (χ2n) is 7.84. The van der Waals surface area contributed by atoms with Gasteiger partial charge in [-0.25, -0.2) is 0 Å². The SMILES string of the molecule is COc1ccc(OCCNC(Oc2ccc(OCCOCC(C)C)cc2C#N)C(C)O)cc1. The second kappa shape index (κ2) is 14.2. The van der Waals surface area contributed by atoms with Crippen molar-refractivity contribution in [3.63, 3.8) is 0 Å². The maximum atomic E-state index is 10.1. The summed E-state index contributed by atoms with van der Waals surface area (Å²) in [5, 5.41) is 22.7. The Balaban J connectivity index is 1.84. The predicted molar refractivity (Wildman–Crippen MR) is 125 cm³/mol. The lowest BCUT2D eigenvalue weighted by Crippen LogP contribution is -2.44. The van der Waals surface area contributed by atoms with Crippen LogP contribution >= 0.6 is 0 Å². The van der Waals surface area contributed by atoms with Gasteiger partial charge in [0.15, 0.2) is 6.23 Å². The van der Waals surface area contributed by atoms with Crippen molar-refractivity contribution in [2.75, 3.05) is 40.1 Å². The van der Waals surface area contributed by atoms with E-state index < -0.39 is 12.3 Å². The molecule has 2 rings (SSSR count). The lowest BCUT2D eigenvalue weighted by molar-refractivity contribution is 0.0249. The van der Waals surface area contributed by atoms with E-state index in [9.17, 15) is 10.4 Å². The molecule has 33 heavy (non-hydrogen) atoms. The van der Waals surface area contributed by atoms with Crippen LogP contribution in [0.3, 0.4) is 0 Å². The molecule has 0 spiro atoms. The number of rotatable bonds is 15. The molecule has 0 fully saturated rings. The average Bonchev–Trinajstić information content (AvgIpc) is 2.81. The van der Waals surface area contributed by atoms with Crippen LogP contribution in [0, 0.1) is 17.2 Å². The normalized spacial score (nSPS) is 12.6. The van der Waals surface area contributed by atoms with Crippen LogP contribution in [0.5, 0.6) is 23.0 Å². The number of methoxy groups -OCH3 is 1. The van der Waals surface area contributed by atoms with Gasteiger partial charge in [0.1, 0.15) is 48.4 Å². The summed E-state index contributed by atoms with van der Waals surface area (Å²) in [5.74, 6) is 2.85. The van der Waals surface area contributed by atoms with Crippen LogP contribution in [0.25, 0.3) is 0 Å². The molecule has 0 aromatic heterocycles. The summed E-state index contributed by atoms with van der Waals surface area (Å²) in [4.78, 5) is 0. The molecule has 2 N–H and O–H groups in total. The van der Waals surface area contributed by atoms with Crippen molar-refractivity contribution in [3.05, 3.63) is 48.0 Å². The molecule has 2 unspecified atom stereocenters. The first-order chi connectivity index (χ1) is 15.9. The molecular formula is C25H34N2O6. The highest BCUT2D eigenvalue weighted by molar-refractivity contribution is 5.47. The van der Waals surface area contributed by atoms with E-state index in [0.29, 0.717) is 61.7 Å². The Morgan fingerprint density at radius 3 is 2.24 bits per heavy atom. The molecule has 2 aromatic carbocycles. The average molecular weight is 459 g/mol. The summed E-state index contributed by atoms with van der Waals surface area (Å²) in [6.45, 7) is 8.14. The monoisotopic (exact) mass is 458 g/mol. The number of nitriles is 1. The number of aliphatic hydroxyl groups excluding tert-OH is 1. The summed E-state index contributed by atoms with van der Waals surface area (Å²) >= 11 is 0. The molecule has 8 heteroatoms. The van der Waals surface area contributed by atoms with Crippen LogP contribution in [0.4, 0.5) is 0 Å². The van der Waals surface area contributed by atoms with Gasteiger partial charge in [0.2, 0.25) is 0 Å². The van der Waals surface area contributed by atoms with Crippen LogP contribution in [0.1, 0.15) is 26.3 Å². The zero-order valence-electron chi connectivity index (χ0n) is 19.7. The fraction of sp³-hybridized carbons (Fsp3) is 0.480. The van der Waals surface area contributed by atoms with Crippen molar-refractivity contribution in [2.24, 2.45) is 5.92 Å². The van der Waals surface area contributed by atoms with Crippen molar-refractivity contribution in [1.82, 2.24) is 5.32 Å². The molecule has 0 radical (unpaired) electrons. The van der Waals surface area contributed by atoms with E-state index in [0.717, 1.165) is 5.75 Å². The van der Waals surface area contributed by atoms with Crippen molar-refractivity contribution in [1.29, 1.82) is 5.26 Å². The van der Waals surface area contributed by atoms with Gasteiger partial charge in [-0.1, -0.05) is 13.8 Å². The smallest absolute Gasteiger partial charge is 0.176 e. The molecule has 0 saturated heterocycles. The summed E-state index contributed by atoms with van der Waals surface area (Å²) < 4.78 is 27.8. The molecule has 0 aliphatic carbocycles. The minimum atomic E-state index is -0.813. The Morgan fingerprint density at radius 1 is 0.939 bits per heavy atom. The summed E-state index contributed by atoms with van der Waals surface area (Å²) in [6, 6.07) is 14.4. The van der Waals surface area contributed by atoms with E-state index in [4.69, 9.17) is 23.7 Å². The molecule has 8 nitrogen and oxygen atoms in total. The van der Waals surface area contributed by atoms with E-state index in [-0.39, 0.29) is 0 Å². The number of hydrogen-bond donors (Lipinski definition) is 2. The topological polar surface area (TPSA) is 102 Å². The quantitative estimate of drug-likeness (QED) is 0.309. The lowest BCUT2D eigenvalue weighted by atomic mass is 10.2. The zero-order chi connectivity index (χ0) is 24.1. The zero-order valence-corrected chi connectivity index (χ0v) is 19.7. The van der Waals surface area contributed by atoms with Crippen molar-refractivity contribution in [3.8, 4) is 29.1 Å². The highest BCUT2D eigenvalue weighted by Gasteiger charge is 2.18. The van der Waals surface area contributed by atoms with Gasteiger partial charge in [-0.3, -0.25) is 5.32 Å². The van der Waals surface area contributed by atoms with Gasteiger partial charge in [-0.2, -0.15) is 5.26 Å². The van der Waals surface area contributed by atoms with Crippen LogP contribution in [-0.4, -0.2) is 57.5 Å². The number of nitrogens with zero attached hydrogens (tertiary/aromatic N) is 1. The summed E-state index contributed by atoms with van der Waals surface area (Å²) in [7, 11) is 1.61. The third-order valence-corrected chi connectivity index (χ3v) is 4.49. The van der Waals surface area contributed by atoms with Crippen LogP contribution < -0.4 is 24.3 Å². The number of ether oxygens (including phenoxy) is 5. The molecule has 0 aliphatic heterocycles. The molecule has 2 atom stereocenters. The maximum absolute atomic E-state index is 10.1. The summed E-state index contributed by atoms with van der Waals surface area (Å²) in [5.41, 5.74) is 0.317. The third-order valence-electron chi connectivity index (χ3n) is 4.49. The summed E-state index contributed by atoms with van der Waals surface area (Å²) in [6.07, 6.45) is -1.53. The van der Waals surface area contributed by atoms with Gasteiger partial charge in [-0.15, -0.1) is 0 Å². The van der Waals surface area contributed by atoms with E-state index >= 15 is 0 Å². The lowest BCUT2D eigenvalue weighted by Gasteiger charge is -2.23. The number of hydrogen-bond acceptors (Lipinski definition) is 8. The molecule has 0 heterocycles.